The van der Waals surface area contributed by atoms with Crippen LogP contribution in [0.3, 0.4) is 0 Å². The van der Waals surface area contributed by atoms with Gasteiger partial charge in [-0.15, -0.1) is 0 Å². The number of hydrogen-bond acceptors (Lipinski definition) is 5. The molecule has 0 spiro atoms. The molecule has 3 aromatic rings. The molecule has 1 aromatic heterocycles. The van der Waals surface area contributed by atoms with Crippen LogP contribution in [0.1, 0.15) is 16.1 Å². The van der Waals surface area contributed by atoms with E-state index in [1.54, 1.807) is 30.3 Å². The third kappa shape index (κ3) is 3.35. The Kier molecular flexibility index (Phi) is 4.47. The van der Waals surface area contributed by atoms with Gasteiger partial charge in [-0.2, -0.15) is 0 Å². The fourth-order valence-corrected chi connectivity index (χ4v) is 2.28. The van der Waals surface area contributed by atoms with Crippen LogP contribution in [-0.2, 0) is 0 Å². The van der Waals surface area contributed by atoms with Gasteiger partial charge in [0.05, 0.1) is 7.11 Å². The summed E-state index contributed by atoms with van der Waals surface area (Å²) in [7, 11) is 1.39. The van der Waals surface area contributed by atoms with E-state index in [9.17, 15) is 14.7 Å². The number of carbonyl (C=O) groups excluding carboxylic acids is 1. The number of ketones is 1. The molecule has 0 aliphatic rings. The molecule has 0 unspecified atom stereocenters. The zero-order valence-corrected chi connectivity index (χ0v) is 13.3. The minimum atomic E-state index is -0.772. The van der Waals surface area contributed by atoms with Crippen molar-refractivity contribution in [3.8, 4) is 17.2 Å². The van der Waals surface area contributed by atoms with Crippen LogP contribution in [-0.4, -0.2) is 18.2 Å². The molecule has 0 bridgehead atoms. The van der Waals surface area contributed by atoms with E-state index < -0.39 is 11.4 Å². The molecule has 3 rings (SSSR count). The molecule has 1 heterocycles. The van der Waals surface area contributed by atoms with Gasteiger partial charge in [-0.25, -0.2) is 4.79 Å². The van der Waals surface area contributed by atoms with Crippen LogP contribution in [0, 0.1) is 0 Å². The number of aromatic nitrogens is 2. The first-order chi connectivity index (χ1) is 12.1. The van der Waals surface area contributed by atoms with E-state index in [0.717, 1.165) is 0 Å². The Bertz CT molecular complexity index is 986. The smallest absolute Gasteiger partial charge is 0.439 e. The lowest BCUT2D eigenvalue weighted by atomic mass is 10.1. The molecule has 126 valence electrons. The van der Waals surface area contributed by atoms with E-state index in [1.165, 1.54) is 36.1 Å². The number of carbonyl (C=O) groups is 1. The van der Waals surface area contributed by atoms with Crippen LogP contribution < -0.4 is 20.2 Å². The highest BCUT2D eigenvalue weighted by molar-refractivity contribution is 6.04. The van der Waals surface area contributed by atoms with Crippen molar-refractivity contribution in [2.45, 2.75) is 0 Å². The molecule has 0 aliphatic carbocycles. The first-order valence-electron chi connectivity index (χ1n) is 7.36. The summed E-state index contributed by atoms with van der Waals surface area (Å²) in [5, 5.41) is 13.9. The van der Waals surface area contributed by atoms with Crippen LogP contribution in [0.4, 0.5) is 0 Å². The first kappa shape index (κ1) is 16.3. The Morgan fingerprint density at radius 3 is 2.72 bits per heavy atom. The molecule has 0 fully saturated rings. The summed E-state index contributed by atoms with van der Waals surface area (Å²) in [5.41, 5.74) is 0.249. The van der Waals surface area contributed by atoms with Gasteiger partial charge in [-0.3, -0.25) is 9.32 Å². The second-order valence-electron chi connectivity index (χ2n) is 5.11. The van der Waals surface area contributed by atoms with Gasteiger partial charge in [0.25, 0.3) is 5.78 Å². The highest BCUT2D eigenvalue weighted by Gasteiger charge is 2.28. The number of aromatic amines is 1. The Hall–Kier alpha value is -3.61. The number of para-hydroxylation sites is 1. The lowest BCUT2D eigenvalue weighted by Crippen LogP contribution is -2.40. The number of hydrogen-bond donors (Lipinski definition) is 1. The number of rotatable bonds is 5. The molecule has 1 N–H and O–H groups in total. The summed E-state index contributed by atoms with van der Waals surface area (Å²) in [6.45, 7) is 0. The summed E-state index contributed by atoms with van der Waals surface area (Å²) in [6, 6.07) is 13.2. The largest absolute Gasteiger partial charge is 0.870 e. The quantitative estimate of drug-likeness (QED) is 0.428. The minimum Gasteiger partial charge on any atom is -0.870 e. The van der Waals surface area contributed by atoms with Crippen molar-refractivity contribution < 1.29 is 23.8 Å². The summed E-state index contributed by atoms with van der Waals surface area (Å²) < 4.78 is 11.0. The average molecular weight is 338 g/mol. The summed E-state index contributed by atoms with van der Waals surface area (Å²) in [4.78, 5) is 24.3. The van der Waals surface area contributed by atoms with Gasteiger partial charge in [-0.1, -0.05) is 42.2 Å². The maximum absolute atomic E-state index is 12.4. The van der Waals surface area contributed by atoms with Crippen LogP contribution >= 0.6 is 0 Å². The fraction of sp³-hybridized carbons (Fsp3) is 0.0556. The topological polar surface area (TPSA) is 99.2 Å². The van der Waals surface area contributed by atoms with Crippen molar-refractivity contribution in [3.05, 3.63) is 76.3 Å². The Labute approximate surface area is 142 Å². The second kappa shape index (κ2) is 6.88. The minimum absolute atomic E-state index is 0.158. The lowest BCUT2D eigenvalue weighted by Gasteiger charge is -2.11. The van der Waals surface area contributed by atoms with Gasteiger partial charge in [-0.05, 0) is 27.7 Å². The molecular weight excluding hydrogens is 324 g/mol. The zero-order valence-electron chi connectivity index (χ0n) is 13.3. The summed E-state index contributed by atoms with van der Waals surface area (Å²) in [6.07, 6.45) is 2.73. The first-order valence-corrected chi connectivity index (χ1v) is 7.36. The predicted octanol–water partition coefficient (Wildman–Crippen LogP) is 1.22. The van der Waals surface area contributed by atoms with Crippen molar-refractivity contribution in [2.75, 3.05) is 7.11 Å². The van der Waals surface area contributed by atoms with Crippen molar-refractivity contribution >= 4 is 11.9 Å². The number of allylic oxidation sites excluding steroid dienone is 1. The lowest BCUT2D eigenvalue weighted by molar-refractivity contribution is -0.672. The Balaban J connectivity index is 1.92. The third-order valence-corrected chi connectivity index (χ3v) is 3.51. The van der Waals surface area contributed by atoms with Gasteiger partial charge in [0, 0.05) is 12.1 Å². The second-order valence-corrected chi connectivity index (χ2v) is 5.11. The summed E-state index contributed by atoms with van der Waals surface area (Å²) >= 11 is 0. The van der Waals surface area contributed by atoms with E-state index in [1.807, 2.05) is 6.07 Å². The maximum Gasteiger partial charge on any atom is 0.439 e. The normalized spacial score (nSPS) is 10.9. The summed E-state index contributed by atoms with van der Waals surface area (Å²) in [5.74, 6) is -0.613. The molecule has 25 heavy (non-hydrogen) atoms. The standard InChI is InChI=1S/C18H14N2O5/c1-24-16-11-12(7-9-14(16)21)8-10-15(22)17-18(23)25-19-20(17)13-5-3-2-4-6-13/h2-11H,1H3,(H-,19,21,22,23). The van der Waals surface area contributed by atoms with E-state index >= 15 is 0 Å². The van der Waals surface area contributed by atoms with E-state index in [0.29, 0.717) is 11.3 Å². The van der Waals surface area contributed by atoms with Gasteiger partial charge in [0.1, 0.15) is 5.75 Å². The molecule has 0 aliphatic heterocycles. The number of H-pyrrole nitrogens is 1. The number of ether oxygens (including phenoxy) is 1. The van der Waals surface area contributed by atoms with Gasteiger partial charge in [0.2, 0.25) is 5.69 Å². The van der Waals surface area contributed by atoms with E-state index in [4.69, 9.17) is 9.26 Å². The van der Waals surface area contributed by atoms with Crippen molar-refractivity contribution in [1.82, 2.24) is 5.27 Å². The maximum atomic E-state index is 12.4. The SMILES string of the molecule is COc1cc(C=CC(=O)c2c(=O)o[nH][n+]2-c2ccccc2)ccc1[O-]. The highest BCUT2D eigenvalue weighted by atomic mass is 16.5. The van der Waals surface area contributed by atoms with Crippen molar-refractivity contribution in [1.29, 1.82) is 0 Å². The zero-order chi connectivity index (χ0) is 17.8. The average Bonchev–Trinajstić information content (AvgIpc) is 3.03. The monoisotopic (exact) mass is 338 g/mol. The highest BCUT2D eigenvalue weighted by Crippen LogP contribution is 2.24. The van der Waals surface area contributed by atoms with Crippen LogP contribution in [0.15, 0.2) is 63.9 Å². The molecule has 7 heteroatoms. The van der Waals surface area contributed by atoms with Crippen LogP contribution in [0.25, 0.3) is 11.8 Å². The number of methoxy groups -OCH3 is 1. The number of benzene rings is 2. The molecule has 0 saturated heterocycles. The van der Waals surface area contributed by atoms with Gasteiger partial charge >= 0.3 is 11.3 Å². The molecule has 2 aromatic carbocycles. The molecule has 0 radical (unpaired) electrons. The Morgan fingerprint density at radius 1 is 1.24 bits per heavy atom. The van der Waals surface area contributed by atoms with Crippen LogP contribution in [0.5, 0.6) is 11.5 Å². The fourth-order valence-electron chi connectivity index (χ4n) is 2.28. The van der Waals surface area contributed by atoms with Gasteiger partial charge in [0.15, 0.2) is 0 Å². The van der Waals surface area contributed by atoms with E-state index in [-0.39, 0.29) is 17.2 Å². The van der Waals surface area contributed by atoms with Crippen LogP contribution in [0.2, 0.25) is 0 Å². The number of nitrogens with zero attached hydrogens (tertiary/aromatic N) is 1. The molecule has 7 nitrogen and oxygen atoms in total. The molecule has 0 saturated carbocycles. The van der Waals surface area contributed by atoms with Gasteiger partial charge < -0.3 is 9.84 Å². The van der Waals surface area contributed by atoms with Crippen molar-refractivity contribution in [3.63, 3.8) is 0 Å². The molecular formula is C18H14N2O5. The molecule has 0 amide bonds. The Morgan fingerprint density at radius 2 is 2.00 bits per heavy atom. The number of nitrogens with one attached hydrogen (secondary N) is 1. The van der Waals surface area contributed by atoms with Crippen molar-refractivity contribution in [2.24, 2.45) is 0 Å². The third-order valence-electron chi connectivity index (χ3n) is 3.51. The van der Waals surface area contributed by atoms with E-state index in [2.05, 4.69) is 5.27 Å². The molecule has 0 atom stereocenters. The predicted molar refractivity (Wildman–Crippen MR) is 86.7 cm³/mol.